The normalized spacial score (nSPS) is 20.6. The summed E-state index contributed by atoms with van der Waals surface area (Å²) in [5, 5.41) is 3.19. The molecule has 1 amide bonds. The molecule has 1 aromatic heterocycles. The third-order valence-electron chi connectivity index (χ3n) is 3.18. The Kier molecular flexibility index (Phi) is 4.44. The van der Waals surface area contributed by atoms with E-state index in [4.69, 9.17) is 0 Å². The number of hydrogen-bond donors (Lipinski definition) is 2. The quantitative estimate of drug-likeness (QED) is 0.818. The summed E-state index contributed by atoms with van der Waals surface area (Å²) in [5.41, 5.74) is 0.708. The van der Waals surface area contributed by atoms with E-state index in [0.29, 0.717) is 11.6 Å². The van der Waals surface area contributed by atoms with Gasteiger partial charge in [-0.25, -0.2) is 0 Å². The molecule has 1 saturated heterocycles. The van der Waals surface area contributed by atoms with Gasteiger partial charge in [-0.15, -0.1) is 0 Å². The molecule has 0 saturated carbocycles. The van der Waals surface area contributed by atoms with Gasteiger partial charge in [0.1, 0.15) is 5.69 Å². The maximum absolute atomic E-state index is 12.2. The number of likely N-dealkylation sites (tertiary alicyclic amines) is 1. The summed E-state index contributed by atoms with van der Waals surface area (Å²) in [6.07, 6.45) is 4.19. The number of carbonyl (C=O) groups is 1. The van der Waals surface area contributed by atoms with E-state index >= 15 is 0 Å². The highest BCUT2D eigenvalue weighted by molar-refractivity contribution is 14.1. The largest absolute Gasteiger partial charge is 0.356 e. The molecule has 0 radical (unpaired) electrons. The first-order valence-electron chi connectivity index (χ1n) is 5.98. The summed E-state index contributed by atoms with van der Waals surface area (Å²) in [7, 11) is 1.97. The lowest BCUT2D eigenvalue weighted by Gasteiger charge is -2.32. The number of amides is 1. The molecule has 0 spiro atoms. The second-order valence-corrected chi connectivity index (χ2v) is 5.79. The number of aromatic amines is 1. The van der Waals surface area contributed by atoms with Crippen LogP contribution in [0.2, 0.25) is 0 Å². The Morgan fingerprint density at radius 3 is 3.18 bits per heavy atom. The molecule has 1 atom stereocenters. The van der Waals surface area contributed by atoms with Crippen LogP contribution in [0.5, 0.6) is 0 Å². The lowest BCUT2D eigenvalue weighted by Crippen LogP contribution is -2.42. The molecule has 2 rings (SSSR count). The lowest BCUT2D eigenvalue weighted by atomic mass is 9.98. The van der Waals surface area contributed by atoms with Crippen molar-refractivity contribution in [3.8, 4) is 0 Å². The first-order valence-corrected chi connectivity index (χ1v) is 7.06. The Morgan fingerprint density at radius 2 is 2.53 bits per heavy atom. The molecule has 0 bridgehead atoms. The molecule has 1 aliphatic heterocycles. The van der Waals surface area contributed by atoms with Crippen molar-refractivity contribution in [1.82, 2.24) is 15.2 Å². The van der Waals surface area contributed by atoms with Crippen molar-refractivity contribution in [2.24, 2.45) is 5.92 Å². The molecule has 2 N–H and O–H groups in total. The summed E-state index contributed by atoms with van der Waals surface area (Å²) < 4.78 is 1.08. The predicted octanol–water partition coefficient (Wildman–Crippen LogP) is 1.69. The number of H-pyrrole nitrogens is 1. The number of aromatic nitrogens is 1. The third kappa shape index (κ3) is 3.22. The van der Waals surface area contributed by atoms with Crippen LogP contribution in [0.4, 0.5) is 0 Å². The Labute approximate surface area is 115 Å². The highest BCUT2D eigenvalue weighted by atomic mass is 127. The topological polar surface area (TPSA) is 48.1 Å². The van der Waals surface area contributed by atoms with E-state index in [0.717, 1.165) is 29.6 Å². The van der Waals surface area contributed by atoms with Gasteiger partial charge in [-0.1, -0.05) is 0 Å². The van der Waals surface area contributed by atoms with E-state index in [1.807, 2.05) is 24.2 Å². The molecule has 1 aliphatic rings. The van der Waals surface area contributed by atoms with Crippen LogP contribution in [0.3, 0.4) is 0 Å². The molecule has 2 heterocycles. The van der Waals surface area contributed by atoms with Gasteiger partial charge in [-0.3, -0.25) is 4.79 Å². The summed E-state index contributed by atoms with van der Waals surface area (Å²) in [5.74, 6) is 0.723. The van der Waals surface area contributed by atoms with E-state index in [1.54, 1.807) is 0 Å². The minimum atomic E-state index is 0.133. The van der Waals surface area contributed by atoms with Gasteiger partial charge in [0.05, 0.1) is 0 Å². The lowest BCUT2D eigenvalue weighted by molar-refractivity contribution is 0.0669. The molecule has 1 aromatic rings. The minimum absolute atomic E-state index is 0.133. The van der Waals surface area contributed by atoms with Crippen molar-refractivity contribution >= 4 is 28.5 Å². The smallest absolute Gasteiger partial charge is 0.270 e. The van der Waals surface area contributed by atoms with Crippen molar-refractivity contribution in [3.63, 3.8) is 0 Å². The molecule has 4 nitrogen and oxygen atoms in total. The van der Waals surface area contributed by atoms with Gasteiger partial charge in [-0.2, -0.15) is 0 Å². The predicted molar refractivity (Wildman–Crippen MR) is 76.1 cm³/mol. The molecule has 1 unspecified atom stereocenters. The molecule has 0 aromatic carbocycles. The van der Waals surface area contributed by atoms with E-state index in [-0.39, 0.29) is 5.91 Å². The zero-order valence-electron chi connectivity index (χ0n) is 10.0. The zero-order valence-corrected chi connectivity index (χ0v) is 12.2. The van der Waals surface area contributed by atoms with Crippen LogP contribution < -0.4 is 5.32 Å². The number of piperidine rings is 1. The van der Waals surface area contributed by atoms with Gasteiger partial charge in [0, 0.05) is 22.9 Å². The Morgan fingerprint density at radius 1 is 1.71 bits per heavy atom. The highest BCUT2D eigenvalue weighted by Gasteiger charge is 2.24. The third-order valence-corrected chi connectivity index (χ3v) is 3.80. The second kappa shape index (κ2) is 5.86. The van der Waals surface area contributed by atoms with Crippen molar-refractivity contribution in [2.45, 2.75) is 12.8 Å². The summed E-state index contributed by atoms with van der Waals surface area (Å²) in [4.78, 5) is 17.2. The molecular formula is C12H18IN3O. The summed E-state index contributed by atoms with van der Waals surface area (Å²) in [6, 6.07) is 1.91. The van der Waals surface area contributed by atoms with Crippen molar-refractivity contribution in [1.29, 1.82) is 0 Å². The van der Waals surface area contributed by atoms with Gasteiger partial charge >= 0.3 is 0 Å². The maximum atomic E-state index is 12.2. The van der Waals surface area contributed by atoms with E-state index in [2.05, 4.69) is 32.9 Å². The van der Waals surface area contributed by atoms with Crippen LogP contribution in [0, 0.1) is 9.49 Å². The second-order valence-electron chi connectivity index (χ2n) is 4.55. The Balaban J connectivity index is 1.99. The number of hydrogen-bond acceptors (Lipinski definition) is 2. The minimum Gasteiger partial charge on any atom is -0.356 e. The standard InChI is InChI=1S/C12H18IN3O/c1-14-6-9-3-2-4-16(8-9)12(17)11-5-10(13)7-15-11/h5,7,9,14-15H,2-4,6,8H2,1H3. The van der Waals surface area contributed by atoms with Crippen molar-refractivity contribution < 1.29 is 4.79 Å². The summed E-state index contributed by atoms with van der Waals surface area (Å²) >= 11 is 2.21. The van der Waals surface area contributed by atoms with Gasteiger partial charge in [0.2, 0.25) is 0 Å². The van der Waals surface area contributed by atoms with E-state index in [1.165, 1.54) is 6.42 Å². The van der Waals surface area contributed by atoms with Gasteiger partial charge < -0.3 is 15.2 Å². The van der Waals surface area contributed by atoms with Crippen LogP contribution in [-0.2, 0) is 0 Å². The van der Waals surface area contributed by atoms with Gasteiger partial charge in [0.25, 0.3) is 5.91 Å². The number of nitrogens with zero attached hydrogens (tertiary/aromatic N) is 1. The number of carbonyl (C=O) groups excluding carboxylic acids is 1. The first kappa shape index (κ1) is 12.9. The van der Waals surface area contributed by atoms with E-state index in [9.17, 15) is 4.79 Å². The van der Waals surface area contributed by atoms with Crippen molar-refractivity contribution in [3.05, 3.63) is 21.5 Å². The van der Waals surface area contributed by atoms with Crippen LogP contribution in [0.15, 0.2) is 12.3 Å². The Bertz CT molecular complexity index is 389. The number of rotatable bonds is 3. The first-order chi connectivity index (χ1) is 8.20. The number of halogens is 1. The zero-order chi connectivity index (χ0) is 12.3. The average Bonchev–Trinajstić information content (AvgIpc) is 2.76. The summed E-state index contributed by atoms with van der Waals surface area (Å²) in [6.45, 7) is 2.75. The molecular weight excluding hydrogens is 329 g/mol. The van der Waals surface area contributed by atoms with Crippen molar-refractivity contribution in [2.75, 3.05) is 26.7 Å². The van der Waals surface area contributed by atoms with E-state index < -0.39 is 0 Å². The SMILES string of the molecule is CNCC1CCCN(C(=O)c2cc(I)c[nH]2)C1. The van der Waals surface area contributed by atoms with Gasteiger partial charge in [0.15, 0.2) is 0 Å². The fourth-order valence-corrected chi connectivity index (χ4v) is 2.83. The van der Waals surface area contributed by atoms with Crippen LogP contribution >= 0.6 is 22.6 Å². The molecule has 94 valence electrons. The molecule has 5 heteroatoms. The molecule has 1 fully saturated rings. The van der Waals surface area contributed by atoms with Gasteiger partial charge in [-0.05, 0) is 61.0 Å². The van der Waals surface area contributed by atoms with Crippen LogP contribution in [-0.4, -0.2) is 42.5 Å². The maximum Gasteiger partial charge on any atom is 0.270 e. The monoisotopic (exact) mass is 347 g/mol. The molecule has 17 heavy (non-hydrogen) atoms. The Hall–Kier alpha value is -0.560. The van der Waals surface area contributed by atoms with Crippen LogP contribution in [0.25, 0.3) is 0 Å². The number of nitrogens with one attached hydrogen (secondary N) is 2. The average molecular weight is 347 g/mol. The van der Waals surface area contributed by atoms with Crippen LogP contribution in [0.1, 0.15) is 23.3 Å². The molecule has 0 aliphatic carbocycles. The fraction of sp³-hybridized carbons (Fsp3) is 0.583. The highest BCUT2D eigenvalue weighted by Crippen LogP contribution is 2.18. The fourth-order valence-electron chi connectivity index (χ4n) is 2.37.